The van der Waals surface area contributed by atoms with E-state index in [4.69, 9.17) is 0 Å². The SMILES string of the molecule is CCC(C(=O)[O-])C(=O)[O-].[Ag+].[Ag+]. The molecule has 0 aromatic rings. The first kappa shape index (κ1) is 17.5. The van der Waals surface area contributed by atoms with Crippen LogP contribution in [0.25, 0.3) is 0 Å². The number of carbonyl (C=O) groups excluding carboxylic acids is 2. The van der Waals surface area contributed by atoms with Crippen LogP contribution in [0.1, 0.15) is 13.3 Å². The van der Waals surface area contributed by atoms with Gasteiger partial charge in [0.05, 0.1) is 11.9 Å². The standard InChI is InChI=1S/C5H8O4.2Ag/c1-2-3(4(6)7)5(8)9;;/h3H,2H2,1H3,(H,6,7)(H,8,9);;/q;2*+1/p-2. The van der Waals surface area contributed by atoms with Gasteiger partial charge >= 0.3 is 44.8 Å². The number of rotatable bonds is 3. The molecule has 0 aromatic carbocycles. The maximum Gasteiger partial charge on any atom is 1.00 e. The van der Waals surface area contributed by atoms with Gasteiger partial charge in [-0.3, -0.25) is 0 Å². The van der Waals surface area contributed by atoms with E-state index in [0.717, 1.165) is 0 Å². The van der Waals surface area contributed by atoms with Crippen LogP contribution in [0.5, 0.6) is 0 Å². The van der Waals surface area contributed by atoms with Crippen LogP contribution in [0.2, 0.25) is 0 Å². The second-order valence-corrected chi connectivity index (χ2v) is 1.60. The normalized spacial score (nSPS) is 7.82. The molecule has 0 aliphatic rings. The molecule has 0 amide bonds. The Labute approximate surface area is 95.4 Å². The van der Waals surface area contributed by atoms with E-state index in [9.17, 15) is 19.8 Å². The molecule has 72 valence electrons. The zero-order valence-corrected chi connectivity index (χ0v) is 8.48. The third-order valence-electron chi connectivity index (χ3n) is 0.977. The maximum absolute atomic E-state index is 9.84. The molecule has 0 saturated carbocycles. The first-order valence-corrected chi connectivity index (χ1v) is 2.51. The third-order valence-corrected chi connectivity index (χ3v) is 0.977. The number of aliphatic carboxylic acids is 2. The van der Waals surface area contributed by atoms with Gasteiger partial charge in [0.1, 0.15) is 0 Å². The van der Waals surface area contributed by atoms with Crippen molar-refractivity contribution in [3.63, 3.8) is 0 Å². The third kappa shape index (κ3) is 6.80. The second kappa shape index (κ2) is 8.52. The molecule has 0 N–H and O–H groups in total. The summed E-state index contributed by atoms with van der Waals surface area (Å²) in [5.74, 6) is -4.64. The van der Waals surface area contributed by atoms with E-state index in [-0.39, 0.29) is 51.2 Å². The Morgan fingerprint density at radius 2 is 1.45 bits per heavy atom. The minimum absolute atomic E-state index is 0. The molecule has 0 saturated heterocycles. The first-order valence-electron chi connectivity index (χ1n) is 2.51. The average Bonchev–Trinajstić information content (AvgIpc) is 1.64. The molecule has 6 heteroatoms. The van der Waals surface area contributed by atoms with E-state index in [1.165, 1.54) is 6.92 Å². The van der Waals surface area contributed by atoms with Crippen LogP contribution in [0.3, 0.4) is 0 Å². The maximum atomic E-state index is 9.84. The minimum Gasteiger partial charge on any atom is -0.549 e. The van der Waals surface area contributed by atoms with E-state index in [1.54, 1.807) is 0 Å². The molecule has 0 atom stereocenters. The Morgan fingerprint density at radius 3 is 1.45 bits per heavy atom. The predicted octanol–water partition coefficient (Wildman–Crippen LogP) is -2.49. The number of carboxylic acids is 2. The summed E-state index contributed by atoms with van der Waals surface area (Å²) in [6.07, 6.45) is 0.00463. The van der Waals surface area contributed by atoms with E-state index in [2.05, 4.69) is 0 Å². The summed E-state index contributed by atoms with van der Waals surface area (Å²) in [5, 5.41) is 19.7. The fraction of sp³-hybridized carbons (Fsp3) is 0.600. The van der Waals surface area contributed by atoms with Gasteiger partial charge in [-0.05, 0) is 6.42 Å². The molecule has 0 radical (unpaired) electrons. The number of hydrogen-bond donors (Lipinski definition) is 0. The zero-order valence-electron chi connectivity index (χ0n) is 5.52. The molecule has 0 aliphatic carbocycles. The number of carbonyl (C=O) groups is 2. The summed E-state index contributed by atoms with van der Waals surface area (Å²) >= 11 is 0. The van der Waals surface area contributed by atoms with Crippen molar-refractivity contribution in [1.29, 1.82) is 0 Å². The fourth-order valence-electron chi connectivity index (χ4n) is 0.430. The van der Waals surface area contributed by atoms with E-state index >= 15 is 0 Å². The molecule has 0 spiro atoms. The van der Waals surface area contributed by atoms with Crippen molar-refractivity contribution < 1.29 is 64.6 Å². The molecule has 0 unspecified atom stereocenters. The van der Waals surface area contributed by atoms with E-state index in [1.807, 2.05) is 0 Å². The van der Waals surface area contributed by atoms with Gasteiger partial charge in [0.25, 0.3) is 0 Å². The van der Waals surface area contributed by atoms with E-state index < -0.39 is 17.9 Å². The quantitative estimate of drug-likeness (QED) is 0.418. The van der Waals surface area contributed by atoms with Crippen molar-refractivity contribution in [2.75, 3.05) is 0 Å². The van der Waals surface area contributed by atoms with Gasteiger partial charge in [0, 0.05) is 5.92 Å². The summed E-state index contributed by atoms with van der Waals surface area (Å²) in [5.41, 5.74) is 0. The Bertz CT molecular complexity index is 122. The molecule has 4 nitrogen and oxygen atoms in total. The summed E-state index contributed by atoms with van der Waals surface area (Å²) in [6, 6.07) is 0. The number of carboxylic acid groups (broad SMARTS) is 2. The predicted molar refractivity (Wildman–Crippen MR) is 23.8 cm³/mol. The van der Waals surface area contributed by atoms with Gasteiger partial charge in [-0.1, -0.05) is 6.92 Å². The van der Waals surface area contributed by atoms with Crippen molar-refractivity contribution in [1.82, 2.24) is 0 Å². The van der Waals surface area contributed by atoms with Crippen LogP contribution in [0, 0.1) is 5.92 Å². The molecule has 0 heterocycles. The van der Waals surface area contributed by atoms with Crippen LogP contribution in [0.4, 0.5) is 0 Å². The van der Waals surface area contributed by atoms with Crippen molar-refractivity contribution in [3.05, 3.63) is 0 Å². The smallest absolute Gasteiger partial charge is 0.549 e. The van der Waals surface area contributed by atoms with Crippen LogP contribution in [-0.4, -0.2) is 11.9 Å². The zero-order chi connectivity index (χ0) is 7.44. The Balaban J connectivity index is -0.000000320. The van der Waals surface area contributed by atoms with Gasteiger partial charge < -0.3 is 19.8 Å². The van der Waals surface area contributed by atoms with Crippen LogP contribution >= 0.6 is 0 Å². The Kier molecular flexibility index (Phi) is 13.5. The largest absolute Gasteiger partial charge is 1.00 e. The Hall–Kier alpha value is 0.421. The van der Waals surface area contributed by atoms with Crippen LogP contribution in [-0.2, 0) is 54.3 Å². The van der Waals surface area contributed by atoms with E-state index in [0.29, 0.717) is 0 Å². The van der Waals surface area contributed by atoms with Gasteiger partial charge in [0.2, 0.25) is 0 Å². The van der Waals surface area contributed by atoms with Gasteiger partial charge in [-0.25, -0.2) is 0 Å². The van der Waals surface area contributed by atoms with Crippen molar-refractivity contribution in [2.24, 2.45) is 5.92 Å². The molecule has 0 rings (SSSR count). The van der Waals surface area contributed by atoms with Crippen molar-refractivity contribution in [2.45, 2.75) is 13.3 Å². The molecular weight excluding hydrogens is 340 g/mol. The average molecular weight is 346 g/mol. The summed E-state index contributed by atoms with van der Waals surface area (Å²) in [7, 11) is 0. The molecule has 11 heavy (non-hydrogen) atoms. The Morgan fingerprint density at radius 1 is 1.18 bits per heavy atom. The van der Waals surface area contributed by atoms with Gasteiger partial charge in [-0.15, -0.1) is 0 Å². The topological polar surface area (TPSA) is 80.3 Å². The first-order chi connectivity index (χ1) is 4.09. The molecule has 0 aliphatic heterocycles. The molecule has 0 fully saturated rings. The van der Waals surface area contributed by atoms with Crippen molar-refractivity contribution >= 4 is 11.9 Å². The minimum atomic E-state index is -1.59. The van der Waals surface area contributed by atoms with Crippen molar-refractivity contribution in [3.8, 4) is 0 Å². The van der Waals surface area contributed by atoms with Gasteiger partial charge in [0.15, 0.2) is 0 Å². The van der Waals surface area contributed by atoms with Gasteiger partial charge in [-0.2, -0.15) is 0 Å². The number of hydrogen-bond acceptors (Lipinski definition) is 4. The molecule has 0 bridgehead atoms. The summed E-state index contributed by atoms with van der Waals surface area (Å²) < 4.78 is 0. The molecular formula is C5H6Ag2O4. The van der Waals surface area contributed by atoms with Crippen LogP contribution < -0.4 is 10.2 Å². The van der Waals surface area contributed by atoms with Crippen LogP contribution in [0.15, 0.2) is 0 Å². The second-order valence-electron chi connectivity index (χ2n) is 1.60. The molecule has 0 aromatic heterocycles. The monoisotopic (exact) mass is 344 g/mol. The summed E-state index contributed by atoms with van der Waals surface area (Å²) in [6.45, 7) is 1.44. The summed E-state index contributed by atoms with van der Waals surface area (Å²) in [4.78, 5) is 19.7. The fourth-order valence-corrected chi connectivity index (χ4v) is 0.430.